The summed E-state index contributed by atoms with van der Waals surface area (Å²) in [5.41, 5.74) is 10.2. The van der Waals surface area contributed by atoms with Crippen LogP contribution in [0.25, 0.3) is 38.9 Å². The molecule has 0 bridgehead atoms. The predicted octanol–water partition coefficient (Wildman–Crippen LogP) is 6.92. The van der Waals surface area contributed by atoms with Crippen LogP contribution < -0.4 is 5.43 Å². The van der Waals surface area contributed by atoms with Crippen molar-refractivity contribution in [1.29, 1.82) is 0 Å². The Labute approximate surface area is 242 Å². The molecule has 0 spiro atoms. The van der Waals surface area contributed by atoms with Crippen molar-refractivity contribution in [2.24, 2.45) is 5.10 Å². The summed E-state index contributed by atoms with van der Waals surface area (Å²) in [5, 5.41) is 16.2. The molecule has 0 saturated heterocycles. The molecule has 4 aromatic carbocycles. The summed E-state index contributed by atoms with van der Waals surface area (Å²) in [4.78, 5) is 12.7. The maximum atomic E-state index is 12.7. The molecule has 2 aromatic heterocycles. The summed E-state index contributed by atoms with van der Waals surface area (Å²) in [6.07, 6.45) is 1.68. The van der Waals surface area contributed by atoms with Crippen LogP contribution in [0.3, 0.4) is 0 Å². The summed E-state index contributed by atoms with van der Waals surface area (Å²) in [7, 11) is 0. The molecule has 0 radical (unpaired) electrons. The maximum absolute atomic E-state index is 12.7. The number of para-hydroxylation sites is 1. The largest absolute Gasteiger partial charge is 0.341 e. The molecule has 41 heavy (non-hydrogen) atoms. The zero-order valence-electron chi connectivity index (χ0n) is 23.2. The minimum Gasteiger partial charge on any atom is -0.341 e. The van der Waals surface area contributed by atoms with Gasteiger partial charge in [0.25, 0.3) is 5.91 Å². The van der Waals surface area contributed by atoms with E-state index in [1.807, 2.05) is 34.9 Å². The van der Waals surface area contributed by atoms with Crippen LogP contribution in [0.15, 0.2) is 101 Å². The molecule has 0 fully saturated rings. The number of benzene rings is 4. The van der Waals surface area contributed by atoms with Crippen molar-refractivity contribution in [3.8, 4) is 17.1 Å². The van der Waals surface area contributed by atoms with Crippen LogP contribution in [0.1, 0.15) is 23.6 Å². The number of aromatic nitrogens is 4. The number of carbonyl (C=O) groups excluding carboxylic acids is 1. The van der Waals surface area contributed by atoms with E-state index in [-0.39, 0.29) is 11.7 Å². The highest BCUT2D eigenvalue weighted by atomic mass is 32.2. The van der Waals surface area contributed by atoms with Gasteiger partial charge in [-0.15, -0.1) is 10.2 Å². The summed E-state index contributed by atoms with van der Waals surface area (Å²) >= 11 is 1.33. The van der Waals surface area contributed by atoms with E-state index >= 15 is 0 Å². The first-order valence-electron chi connectivity index (χ1n) is 13.6. The highest BCUT2D eigenvalue weighted by Crippen LogP contribution is 2.30. The summed E-state index contributed by atoms with van der Waals surface area (Å²) in [5.74, 6) is 0.665. The minimum atomic E-state index is -0.217. The highest BCUT2D eigenvalue weighted by molar-refractivity contribution is 7.99. The molecule has 6 rings (SSSR count). The zero-order chi connectivity index (χ0) is 28.3. The fraction of sp³-hybridized carbons (Fsp3) is 0.152. The van der Waals surface area contributed by atoms with Crippen molar-refractivity contribution in [3.63, 3.8) is 0 Å². The molecule has 0 atom stereocenters. The first kappa shape index (κ1) is 26.5. The second-order valence-electron chi connectivity index (χ2n) is 9.96. The number of fused-ring (bicyclic) bond motifs is 3. The number of hydrogen-bond donors (Lipinski definition) is 1. The topological polar surface area (TPSA) is 77.1 Å². The Kier molecular flexibility index (Phi) is 7.39. The van der Waals surface area contributed by atoms with Gasteiger partial charge in [-0.25, -0.2) is 5.43 Å². The van der Waals surface area contributed by atoms with Gasteiger partial charge in [0.15, 0.2) is 11.0 Å². The number of carbonyl (C=O) groups is 1. The molecule has 204 valence electrons. The van der Waals surface area contributed by atoms with Gasteiger partial charge in [-0.3, -0.25) is 9.36 Å². The quantitative estimate of drug-likeness (QED) is 0.125. The summed E-state index contributed by atoms with van der Waals surface area (Å²) in [6.45, 7) is 7.16. The lowest BCUT2D eigenvalue weighted by Crippen LogP contribution is -2.20. The molecule has 0 saturated carbocycles. The molecule has 0 aliphatic heterocycles. The van der Waals surface area contributed by atoms with E-state index in [1.54, 1.807) is 6.21 Å². The molecule has 8 heteroatoms. The maximum Gasteiger partial charge on any atom is 0.250 e. The molecule has 0 unspecified atom stereocenters. The van der Waals surface area contributed by atoms with Gasteiger partial charge in [0.2, 0.25) is 0 Å². The van der Waals surface area contributed by atoms with Crippen LogP contribution in [0.2, 0.25) is 0 Å². The van der Waals surface area contributed by atoms with Crippen molar-refractivity contribution in [2.75, 3.05) is 5.75 Å². The van der Waals surface area contributed by atoms with Gasteiger partial charge in [-0.1, -0.05) is 83.6 Å². The monoisotopic (exact) mass is 558 g/mol. The number of thioether (sulfide) groups is 1. The average molecular weight is 559 g/mol. The third-order valence-electron chi connectivity index (χ3n) is 7.08. The van der Waals surface area contributed by atoms with Crippen molar-refractivity contribution < 1.29 is 4.79 Å². The lowest BCUT2D eigenvalue weighted by atomic mass is 10.1. The van der Waals surface area contributed by atoms with Crippen molar-refractivity contribution in [2.45, 2.75) is 32.5 Å². The molecule has 6 aromatic rings. The van der Waals surface area contributed by atoms with Crippen LogP contribution in [0, 0.1) is 13.8 Å². The number of hydrazone groups is 1. The van der Waals surface area contributed by atoms with Crippen LogP contribution >= 0.6 is 11.8 Å². The molecule has 0 aliphatic rings. The smallest absolute Gasteiger partial charge is 0.250 e. The molecule has 1 N–H and O–H groups in total. The van der Waals surface area contributed by atoms with Crippen LogP contribution in [-0.2, 0) is 11.3 Å². The Balaban J connectivity index is 1.18. The number of nitrogens with one attached hydrogen (secondary N) is 1. The van der Waals surface area contributed by atoms with Crippen molar-refractivity contribution in [3.05, 3.63) is 108 Å². The van der Waals surface area contributed by atoms with E-state index in [0.29, 0.717) is 5.16 Å². The Hall–Kier alpha value is -4.69. The number of hydrogen-bond acceptors (Lipinski definition) is 5. The standard InChI is InChI=1S/C33H30N6OS/c1-4-38-29-8-6-5-7-27(29)28-19-24(13-18-30(28)38)20-34-35-31(40)21-41-33-37-36-32(25-14-9-22(2)10-15-25)39(33)26-16-11-23(3)12-17-26/h5-20H,4,21H2,1-3H3,(H,35,40)/b34-20+. The van der Waals surface area contributed by atoms with Crippen molar-refractivity contribution in [1.82, 2.24) is 24.8 Å². The van der Waals surface area contributed by atoms with Crippen molar-refractivity contribution >= 4 is 45.7 Å². The first-order chi connectivity index (χ1) is 20.0. The Morgan fingerprint density at radius 1 is 0.878 bits per heavy atom. The fourth-order valence-electron chi connectivity index (χ4n) is 5.01. The van der Waals surface area contributed by atoms with E-state index in [9.17, 15) is 4.79 Å². The first-order valence-corrected chi connectivity index (χ1v) is 14.6. The molecule has 7 nitrogen and oxygen atoms in total. The molecule has 0 aliphatic carbocycles. The summed E-state index contributed by atoms with van der Waals surface area (Å²) in [6, 6.07) is 31.1. The van der Waals surface area contributed by atoms with Gasteiger partial charge < -0.3 is 4.57 Å². The summed E-state index contributed by atoms with van der Waals surface area (Å²) < 4.78 is 4.30. The predicted molar refractivity (Wildman–Crippen MR) is 168 cm³/mol. The van der Waals surface area contributed by atoms with Gasteiger partial charge >= 0.3 is 0 Å². The van der Waals surface area contributed by atoms with Gasteiger partial charge in [0.05, 0.1) is 12.0 Å². The molecule has 1 amide bonds. The number of nitrogens with zero attached hydrogens (tertiary/aromatic N) is 5. The third kappa shape index (κ3) is 5.38. The fourth-order valence-corrected chi connectivity index (χ4v) is 5.76. The minimum absolute atomic E-state index is 0.151. The second-order valence-corrected chi connectivity index (χ2v) is 10.9. The molecular formula is C33H30N6OS. The lowest BCUT2D eigenvalue weighted by molar-refractivity contribution is -0.118. The SMILES string of the molecule is CCn1c2ccccc2c2cc(/C=N/NC(=O)CSc3nnc(-c4ccc(C)cc4)n3-c3ccc(C)cc3)ccc21. The Bertz CT molecular complexity index is 1880. The number of rotatable bonds is 8. The van der Waals surface area contributed by atoms with E-state index in [0.717, 1.165) is 29.2 Å². The highest BCUT2D eigenvalue weighted by Gasteiger charge is 2.17. The number of aryl methyl sites for hydroxylation is 3. The van der Waals surface area contributed by atoms with E-state index < -0.39 is 0 Å². The van der Waals surface area contributed by atoms with Crippen LogP contribution in [0.4, 0.5) is 0 Å². The van der Waals surface area contributed by atoms with Gasteiger partial charge in [0.1, 0.15) is 0 Å². The Morgan fingerprint density at radius 2 is 1.59 bits per heavy atom. The zero-order valence-corrected chi connectivity index (χ0v) is 24.0. The third-order valence-corrected chi connectivity index (χ3v) is 8.01. The second kappa shape index (κ2) is 11.4. The van der Waals surface area contributed by atoms with Gasteiger partial charge in [-0.05, 0) is 56.7 Å². The molecule has 2 heterocycles. The Morgan fingerprint density at radius 3 is 2.34 bits per heavy atom. The lowest BCUT2D eigenvalue weighted by Gasteiger charge is -2.11. The van der Waals surface area contributed by atoms with Crippen LogP contribution in [-0.4, -0.2) is 37.2 Å². The van der Waals surface area contributed by atoms with Gasteiger partial charge in [0, 0.05) is 39.6 Å². The van der Waals surface area contributed by atoms with Crippen LogP contribution in [0.5, 0.6) is 0 Å². The molecular weight excluding hydrogens is 528 g/mol. The number of amides is 1. The normalized spacial score (nSPS) is 11.6. The van der Waals surface area contributed by atoms with E-state index in [2.05, 4.69) is 107 Å². The van der Waals surface area contributed by atoms with Gasteiger partial charge in [-0.2, -0.15) is 5.10 Å². The van der Waals surface area contributed by atoms with E-state index in [1.165, 1.54) is 44.7 Å². The average Bonchev–Trinajstić information content (AvgIpc) is 3.56. The van der Waals surface area contributed by atoms with E-state index in [4.69, 9.17) is 0 Å².